The van der Waals surface area contributed by atoms with Gasteiger partial charge in [-0.15, -0.1) is 0 Å². The van der Waals surface area contributed by atoms with Gasteiger partial charge in [0, 0.05) is 49.9 Å². The minimum absolute atomic E-state index is 0.199. The van der Waals surface area contributed by atoms with Crippen LogP contribution in [0.25, 0.3) is 0 Å². The van der Waals surface area contributed by atoms with Crippen molar-refractivity contribution in [2.75, 3.05) is 33.2 Å². The van der Waals surface area contributed by atoms with E-state index in [9.17, 15) is 9.18 Å². The van der Waals surface area contributed by atoms with E-state index in [1.165, 1.54) is 18.2 Å². The summed E-state index contributed by atoms with van der Waals surface area (Å²) in [6, 6.07) is 4.43. The topological polar surface area (TPSA) is 75.6 Å². The lowest BCUT2D eigenvalue weighted by Gasteiger charge is -2.39. The van der Waals surface area contributed by atoms with E-state index >= 15 is 0 Å². The van der Waals surface area contributed by atoms with Crippen molar-refractivity contribution in [2.24, 2.45) is 11.5 Å². The summed E-state index contributed by atoms with van der Waals surface area (Å²) in [6.07, 6.45) is 0. The SMILES string of the molecule is CN1CCN(Cc2cc(C(N)=O)ccc2F)C(CN)C1. The van der Waals surface area contributed by atoms with Crippen molar-refractivity contribution in [3.63, 3.8) is 0 Å². The van der Waals surface area contributed by atoms with Crippen LogP contribution < -0.4 is 11.5 Å². The summed E-state index contributed by atoms with van der Waals surface area (Å²) in [6.45, 7) is 3.60. The van der Waals surface area contributed by atoms with Crippen molar-refractivity contribution >= 4 is 5.91 Å². The second-order valence-electron chi connectivity index (χ2n) is 5.29. The number of nitrogens with two attached hydrogens (primary N) is 2. The van der Waals surface area contributed by atoms with Crippen LogP contribution in [0.4, 0.5) is 4.39 Å². The zero-order valence-corrected chi connectivity index (χ0v) is 11.7. The molecule has 1 saturated heterocycles. The molecule has 4 N–H and O–H groups in total. The van der Waals surface area contributed by atoms with Crippen LogP contribution in [-0.2, 0) is 6.54 Å². The minimum Gasteiger partial charge on any atom is -0.366 e. The summed E-state index contributed by atoms with van der Waals surface area (Å²) in [5.74, 6) is -0.857. The first-order valence-corrected chi connectivity index (χ1v) is 6.72. The lowest BCUT2D eigenvalue weighted by Crippen LogP contribution is -2.54. The van der Waals surface area contributed by atoms with Crippen molar-refractivity contribution < 1.29 is 9.18 Å². The standard InChI is InChI=1S/C14H21FN4O/c1-18-4-5-19(12(7-16)9-18)8-11-6-10(14(17)20)2-3-13(11)15/h2-3,6,12H,4-5,7-9,16H2,1H3,(H2,17,20). The molecule has 0 aromatic heterocycles. The van der Waals surface area contributed by atoms with E-state index in [1.807, 2.05) is 7.05 Å². The highest BCUT2D eigenvalue weighted by atomic mass is 19.1. The monoisotopic (exact) mass is 280 g/mol. The largest absolute Gasteiger partial charge is 0.366 e. The molecule has 1 atom stereocenters. The number of nitrogens with zero attached hydrogens (tertiary/aromatic N) is 2. The molecule has 1 fully saturated rings. The Morgan fingerprint density at radius 2 is 2.20 bits per heavy atom. The fourth-order valence-electron chi connectivity index (χ4n) is 2.55. The van der Waals surface area contributed by atoms with Crippen LogP contribution >= 0.6 is 0 Å². The number of halogens is 1. The molecule has 1 amide bonds. The number of primary amides is 1. The number of carbonyl (C=O) groups is 1. The molecule has 0 aliphatic carbocycles. The van der Waals surface area contributed by atoms with Crippen molar-refractivity contribution in [1.82, 2.24) is 9.80 Å². The summed E-state index contributed by atoms with van der Waals surface area (Å²) in [5, 5.41) is 0. The van der Waals surface area contributed by atoms with Gasteiger partial charge in [-0.25, -0.2) is 4.39 Å². The molecule has 6 heteroatoms. The third-order valence-corrected chi connectivity index (χ3v) is 3.78. The first-order valence-electron chi connectivity index (χ1n) is 6.72. The van der Waals surface area contributed by atoms with E-state index in [0.717, 1.165) is 19.6 Å². The third-order valence-electron chi connectivity index (χ3n) is 3.78. The Hall–Kier alpha value is -1.50. The molecule has 0 bridgehead atoms. The molecule has 1 heterocycles. The van der Waals surface area contributed by atoms with Crippen molar-refractivity contribution in [3.05, 3.63) is 35.1 Å². The molecular weight excluding hydrogens is 259 g/mol. The van der Waals surface area contributed by atoms with E-state index in [0.29, 0.717) is 24.2 Å². The van der Waals surface area contributed by atoms with Gasteiger partial charge in [0.05, 0.1) is 0 Å². The van der Waals surface area contributed by atoms with E-state index in [2.05, 4.69) is 9.80 Å². The van der Waals surface area contributed by atoms with Gasteiger partial charge in [-0.3, -0.25) is 9.69 Å². The van der Waals surface area contributed by atoms with Gasteiger partial charge in [0.1, 0.15) is 5.82 Å². The van der Waals surface area contributed by atoms with Crippen LogP contribution in [0.2, 0.25) is 0 Å². The molecule has 1 unspecified atom stereocenters. The normalized spacial score (nSPS) is 21.1. The third kappa shape index (κ3) is 3.33. The Labute approximate surface area is 118 Å². The number of carbonyl (C=O) groups excluding carboxylic acids is 1. The smallest absolute Gasteiger partial charge is 0.248 e. The number of amides is 1. The van der Waals surface area contributed by atoms with E-state index in [1.54, 1.807) is 0 Å². The summed E-state index contributed by atoms with van der Waals surface area (Å²) in [4.78, 5) is 15.5. The second kappa shape index (κ2) is 6.30. The Morgan fingerprint density at radius 3 is 2.85 bits per heavy atom. The maximum atomic E-state index is 13.9. The van der Waals surface area contributed by atoms with Gasteiger partial charge in [0.15, 0.2) is 0 Å². The van der Waals surface area contributed by atoms with Gasteiger partial charge >= 0.3 is 0 Å². The summed E-state index contributed by atoms with van der Waals surface area (Å²) < 4.78 is 13.9. The lowest BCUT2D eigenvalue weighted by molar-refractivity contribution is 0.0870. The first-order chi connectivity index (χ1) is 9.51. The summed E-state index contributed by atoms with van der Waals surface area (Å²) in [7, 11) is 2.05. The Morgan fingerprint density at radius 1 is 1.45 bits per heavy atom. The van der Waals surface area contributed by atoms with Crippen LogP contribution in [0.3, 0.4) is 0 Å². The van der Waals surface area contributed by atoms with Gasteiger partial charge in [-0.05, 0) is 25.2 Å². The molecule has 5 nitrogen and oxygen atoms in total. The predicted molar refractivity (Wildman–Crippen MR) is 75.7 cm³/mol. The average Bonchev–Trinajstić information content (AvgIpc) is 2.42. The molecule has 0 spiro atoms. The van der Waals surface area contributed by atoms with Crippen LogP contribution in [0.5, 0.6) is 0 Å². The van der Waals surface area contributed by atoms with E-state index in [-0.39, 0.29) is 11.9 Å². The fraction of sp³-hybridized carbons (Fsp3) is 0.500. The number of hydrogen-bond acceptors (Lipinski definition) is 4. The highest BCUT2D eigenvalue weighted by molar-refractivity contribution is 5.92. The van der Waals surface area contributed by atoms with E-state index in [4.69, 9.17) is 11.5 Å². The maximum Gasteiger partial charge on any atom is 0.248 e. The number of likely N-dealkylation sites (N-methyl/N-ethyl adjacent to an activating group) is 1. The van der Waals surface area contributed by atoms with Gasteiger partial charge < -0.3 is 16.4 Å². The molecule has 0 radical (unpaired) electrons. The Balaban J connectivity index is 2.16. The zero-order chi connectivity index (χ0) is 14.7. The molecule has 110 valence electrons. The molecular formula is C14H21FN4O. The highest BCUT2D eigenvalue weighted by Gasteiger charge is 2.24. The van der Waals surface area contributed by atoms with Crippen LogP contribution in [-0.4, -0.2) is 55.0 Å². The first kappa shape index (κ1) is 14.9. The molecule has 2 rings (SSSR count). The summed E-state index contributed by atoms with van der Waals surface area (Å²) in [5.41, 5.74) is 11.8. The molecule has 20 heavy (non-hydrogen) atoms. The number of piperazine rings is 1. The number of rotatable bonds is 4. The molecule has 1 aliphatic heterocycles. The maximum absolute atomic E-state index is 13.9. The number of benzene rings is 1. The average molecular weight is 280 g/mol. The molecule has 1 aromatic carbocycles. The molecule has 1 aromatic rings. The van der Waals surface area contributed by atoms with Crippen LogP contribution in [0, 0.1) is 5.82 Å². The predicted octanol–water partition coefficient (Wildman–Crippen LogP) is -0.000700. The zero-order valence-electron chi connectivity index (χ0n) is 11.7. The lowest BCUT2D eigenvalue weighted by atomic mass is 10.1. The van der Waals surface area contributed by atoms with Crippen molar-refractivity contribution in [2.45, 2.75) is 12.6 Å². The summed E-state index contributed by atoms with van der Waals surface area (Å²) >= 11 is 0. The van der Waals surface area contributed by atoms with Crippen molar-refractivity contribution in [1.29, 1.82) is 0 Å². The van der Waals surface area contributed by atoms with Gasteiger partial charge in [-0.1, -0.05) is 0 Å². The van der Waals surface area contributed by atoms with E-state index < -0.39 is 5.91 Å². The van der Waals surface area contributed by atoms with Gasteiger partial charge in [0.25, 0.3) is 0 Å². The highest BCUT2D eigenvalue weighted by Crippen LogP contribution is 2.17. The van der Waals surface area contributed by atoms with Gasteiger partial charge in [-0.2, -0.15) is 0 Å². The minimum atomic E-state index is -0.542. The fourth-order valence-corrected chi connectivity index (χ4v) is 2.55. The quantitative estimate of drug-likeness (QED) is 0.814. The van der Waals surface area contributed by atoms with Crippen molar-refractivity contribution in [3.8, 4) is 0 Å². The van der Waals surface area contributed by atoms with Crippen LogP contribution in [0.15, 0.2) is 18.2 Å². The second-order valence-corrected chi connectivity index (χ2v) is 5.29. The van der Waals surface area contributed by atoms with Gasteiger partial charge in [0.2, 0.25) is 5.91 Å². The van der Waals surface area contributed by atoms with Crippen LogP contribution in [0.1, 0.15) is 15.9 Å². The Bertz CT molecular complexity index is 494. The number of hydrogen-bond donors (Lipinski definition) is 2. The molecule has 0 saturated carbocycles. The molecule has 1 aliphatic rings. The Kier molecular flexibility index (Phi) is 4.69.